The zero-order valence-electron chi connectivity index (χ0n) is 10.7. The summed E-state index contributed by atoms with van der Waals surface area (Å²) in [4.78, 5) is 13.2. The number of carbonyl (C=O) groups is 1. The van der Waals surface area contributed by atoms with E-state index < -0.39 is 18.9 Å². The molecule has 112 valence electrons. The third-order valence-electron chi connectivity index (χ3n) is 2.61. The SMILES string of the molecule is CC1CN(C(=O)CCOCC(F)(F)F)CC(CO)O1. The number of nitrogens with zero attached hydrogens (tertiary/aromatic N) is 1. The molecule has 1 saturated heterocycles. The second-order valence-corrected chi connectivity index (χ2v) is 4.47. The minimum atomic E-state index is -4.38. The normalized spacial score (nSPS) is 24.6. The average Bonchev–Trinajstić information content (AvgIpc) is 2.32. The summed E-state index contributed by atoms with van der Waals surface area (Å²) in [6, 6.07) is 0. The number of halogens is 3. The lowest BCUT2D eigenvalue weighted by Gasteiger charge is -2.36. The molecule has 1 aliphatic heterocycles. The van der Waals surface area contributed by atoms with Crippen molar-refractivity contribution in [2.24, 2.45) is 0 Å². The Kier molecular flexibility index (Phi) is 6.02. The number of hydrogen-bond donors (Lipinski definition) is 1. The Bertz CT molecular complexity index is 298. The number of aliphatic hydroxyl groups excluding tert-OH is 1. The van der Waals surface area contributed by atoms with Crippen LogP contribution in [0.25, 0.3) is 0 Å². The first-order valence-corrected chi connectivity index (χ1v) is 6.00. The summed E-state index contributed by atoms with van der Waals surface area (Å²) in [6.45, 7) is 0.571. The molecule has 0 aromatic heterocycles. The van der Waals surface area contributed by atoms with Crippen LogP contribution in [0.2, 0.25) is 0 Å². The fourth-order valence-corrected chi connectivity index (χ4v) is 1.86. The van der Waals surface area contributed by atoms with Gasteiger partial charge in [0.15, 0.2) is 0 Å². The molecule has 2 atom stereocenters. The highest BCUT2D eigenvalue weighted by Gasteiger charge is 2.29. The molecule has 2 unspecified atom stereocenters. The molecule has 1 aliphatic rings. The Balaban J connectivity index is 2.28. The van der Waals surface area contributed by atoms with Crippen LogP contribution in [0.4, 0.5) is 13.2 Å². The summed E-state index contributed by atoms with van der Waals surface area (Å²) in [7, 11) is 0. The smallest absolute Gasteiger partial charge is 0.394 e. The highest BCUT2D eigenvalue weighted by molar-refractivity contribution is 5.76. The lowest BCUT2D eigenvalue weighted by molar-refractivity contribution is -0.176. The van der Waals surface area contributed by atoms with Crippen LogP contribution < -0.4 is 0 Å². The fourth-order valence-electron chi connectivity index (χ4n) is 1.86. The topological polar surface area (TPSA) is 59.0 Å². The molecule has 1 N–H and O–H groups in total. The molecule has 1 rings (SSSR count). The number of morpholine rings is 1. The lowest BCUT2D eigenvalue weighted by Crippen LogP contribution is -2.50. The molecule has 0 bridgehead atoms. The molecule has 5 nitrogen and oxygen atoms in total. The van der Waals surface area contributed by atoms with Gasteiger partial charge in [-0.25, -0.2) is 0 Å². The van der Waals surface area contributed by atoms with Crippen molar-refractivity contribution in [2.75, 3.05) is 32.9 Å². The van der Waals surface area contributed by atoms with E-state index in [0.717, 1.165) is 0 Å². The highest BCUT2D eigenvalue weighted by Crippen LogP contribution is 2.15. The summed E-state index contributed by atoms with van der Waals surface area (Å²) in [5, 5.41) is 9.00. The number of ether oxygens (including phenoxy) is 2. The van der Waals surface area contributed by atoms with E-state index in [2.05, 4.69) is 4.74 Å². The number of amides is 1. The molecule has 1 heterocycles. The summed E-state index contributed by atoms with van der Waals surface area (Å²) >= 11 is 0. The Labute approximate surface area is 109 Å². The van der Waals surface area contributed by atoms with Crippen LogP contribution in [0, 0.1) is 0 Å². The number of hydrogen-bond acceptors (Lipinski definition) is 4. The van der Waals surface area contributed by atoms with Crippen molar-refractivity contribution in [2.45, 2.75) is 31.7 Å². The van der Waals surface area contributed by atoms with Crippen LogP contribution >= 0.6 is 0 Å². The van der Waals surface area contributed by atoms with E-state index in [1.54, 1.807) is 6.92 Å². The van der Waals surface area contributed by atoms with Crippen LogP contribution in [0.1, 0.15) is 13.3 Å². The molecule has 8 heteroatoms. The van der Waals surface area contributed by atoms with E-state index in [1.807, 2.05) is 0 Å². The first-order chi connectivity index (χ1) is 8.81. The summed E-state index contributed by atoms with van der Waals surface area (Å²) in [6.07, 6.45) is -5.13. The summed E-state index contributed by atoms with van der Waals surface area (Å²) < 4.78 is 45.2. The van der Waals surface area contributed by atoms with Gasteiger partial charge >= 0.3 is 6.18 Å². The van der Waals surface area contributed by atoms with Gasteiger partial charge in [0, 0.05) is 13.1 Å². The Morgan fingerprint density at radius 2 is 2.16 bits per heavy atom. The minimum absolute atomic E-state index is 0.110. The van der Waals surface area contributed by atoms with E-state index in [1.165, 1.54) is 4.90 Å². The standard InChI is InChI=1S/C11H18F3NO4/c1-8-4-15(5-9(6-16)19-8)10(17)2-3-18-7-11(12,13)14/h8-9,16H,2-7H2,1H3. The highest BCUT2D eigenvalue weighted by atomic mass is 19.4. The van der Waals surface area contributed by atoms with Gasteiger partial charge in [0.1, 0.15) is 6.61 Å². The Morgan fingerprint density at radius 3 is 2.74 bits per heavy atom. The van der Waals surface area contributed by atoms with Gasteiger partial charge in [-0.15, -0.1) is 0 Å². The molecule has 0 aromatic rings. The van der Waals surface area contributed by atoms with Crippen molar-refractivity contribution in [1.29, 1.82) is 0 Å². The average molecular weight is 285 g/mol. The predicted octanol–water partition coefficient (Wildman–Crippen LogP) is 0.564. The van der Waals surface area contributed by atoms with Gasteiger partial charge in [-0.05, 0) is 6.92 Å². The third-order valence-corrected chi connectivity index (χ3v) is 2.61. The largest absolute Gasteiger partial charge is 0.411 e. The number of aliphatic hydroxyl groups is 1. The predicted molar refractivity (Wildman–Crippen MR) is 59.5 cm³/mol. The Morgan fingerprint density at radius 1 is 1.47 bits per heavy atom. The van der Waals surface area contributed by atoms with E-state index >= 15 is 0 Å². The maximum atomic E-state index is 11.8. The maximum Gasteiger partial charge on any atom is 0.411 e. The van der Waals surface area contributed by atoms with Crippen LogP contribution in [-0.4, -0.2) is 67.2 Å². The van der Waals surface area contributed by atoms with Crippen molar-refractivity contribution in [3.63, 3.8) is 0 Å². The van der Waals surface area contributed by atoms with Crippen molar-refractivity contribution >= 4 is 5.91 Å². The Hall–Kier alpha value is -0.860. The van der Waals surface area contributed by atoms with E-state index in [4.69, 9.17) is 9.84 Å². The van der Waals surface area contributed by atoms with Gasteiger partial charge in [0.25, 0.3) is 0 Å². The second-order valence-electron chi connectivity index (χ2n) is 4.47. The van der Waals surface area contributed by atoms with Crippen LogP contribution in [0.5, 0.6) is 0 Å². The van der Waals surface area contributed by atoms with Crippen LogP contribution in [-0.2, 0) is 14.3 Å². The summed E-state index contributed by atoms with van der Waals surface area (Å²) in [5.74, 6) is -0.296. The van der Waals surface area contributed by atoms with Gasteiger partial charge in [0.2, 0.25) is 5.91 Å². The van der Waals surface area contributed by atoms with E-state index in [0.29, 0.717) is 6.54 Å². The van der Waals surface area contributed by atoms with E-state index in [-0.39, 0.29) is 38.2 Å². The zero-order valence-corrected chi connectivity index (χ0v) is 10.7. The molecule has 0 aliphatic carbocycles. The molecule has 0 radical (unpaired) electrons. The molecule has 19 heavy (non-hydrogen) atoms. The molecule has 1 fully saturated rings. The van der Waals surface area contributed by atoms with Gasteiger partial charge in [-0.3, -0.25) is 4.79 Å². The maximum absolute atomic E-state index is 11.8. The number of rotatable bonds is 5. The zero-order chi connectivity index (χ0) is 14.5. The molecule has 0 aromatic carbocycles. The van der Waals surface area contributed by atoms with Crippen molar-refractivity contribution in [3.05, 3.63) is 0 Å². The van der Waals surface area contributed by atoms with Gasteiger partial charge in [-0.1, -0.05) is 0 Å². The van der Waals surface area contributed by atoms with Crippen LogP contribution in [0.3, 0.4) is 0 Å². The van der Waals surface area contributed by atoms with Gasteiger partial charge in [-0.2, -0.15) is 13.2 Å². The second kappa shape index (κ2) is 7.06. The van der Waals surface area contributed by atoms with Gasteiger partial charge in [0.05, 0.1) is 31.8 Å². The monoisotopic (exact) mass is 285 g/mol. The number of alkyl halides is 3. The van der Waals surface area contributed by atoms with Crippen molar-refractivity contribution in [1.82, 2.24) is 4.90 Å². The summed E-state index contributed by atoms with van der Waals surface area (Å²) in [5.41, 5.74) is 0. The molecular weight excluding hydrogens is 267 g/mol. The quantitative estimate of drug-likeness (QED) is 0.750. The third kappa shape index (κ3) is 6.22. The number of carbonyl (C=O) groups excluding carboxylic acids is 1. The van der Waals surface area contributed by atoms with Gasteiger partial charge < -0.3 is 19.5 Å². The van der Waals surface area contributed by atoms with E-state index in [9.17, 15) is 18.0 Å². The minimum Gasteiger partial charge on any atom is -0.394 e. The molecule has 0 saturated carbocycles. The molecular formula is C11H18F3NO4. The first-order valence-electron chi connectivity index (χ1n) is 6.00. The first kappa shape index (κ1) is 16.2. The lowest BCUT2D eigenvalue weighted by atomic mass is 10.2. The van der Waals surface area contributed by atoms with Crippen molar-refractivity contribution in [3.8, 4) is 0 Å². The fraction of sp³-hybridized carbons (Fsp3) is 0.909. The molecule has 1 amide bonds. The van der Waals surface area contributed by atoms with Crippen LogP contribution in [0.15, 0.2) is 0 Å². The van der Waals surface area contributed by atoms with Crippen molar-refractivity contribution < 1.29 is 32.5 Å². The molecule has 0 spiro atoms.